The summed E-state index contributed by atoms with van der Waals surface area (Å²) in [7, 11) is 0. The minimum absolute atomic E-state index is 0.335. The van der Waals surface area contributed by atoms with Crippen molar-refractivity contribution in [2.75, 3.05) is 25.2 Å². The summed E-state index contributed by atoms with van der Waals surface area (Å²) in [6, 6.07) is 4.82. The van der Waals surface area contributed by atoms with Crippen molar-refractivity contribution >= 4 is 5.69 Å². The maximum absolute atomic E-state index is 5.37. The molecule has 2 aliphatic rings. The molecule has 0 amide bonds. The molecule has 0 radical (unpaired) electrons. The average molecular weight is 234 g/mol. The Morgan fingerprint density at radius 3 is 2.71 bits per heavy atom. The van der Waals surface area contributed by atoms with Crippen LogP contribution in [0.25, 0.3) is 0 Å². The van der Waals surface area contributed by atoms with Crippen molar-refractivity contribution in [1.82, 2.24) is 5.32 Å². The number of ether oxygens (including phenoxy) is 2. The van der Waals surface area contributed by atoms with Crippen LogP contribution < -0.4 is 20.1 Å². The summed E-state index contributed by atoms with van der Waals surface area (Å²) in [5.41, 5.74) is 2.33. The maximum Gasteiger partial charge on any atom is 0.231 e. The van der Waals surface area contributed by atoms with Crippen LogP contribution >= 0.6 is 0 Å². The Kier molecular flexibility index (Phi) is 2.81. The fourth-order valence-corrected chi connectivity index (χ4v) is 1.99. The minimum Gasteiger partial charge on any atom is -0.454 e. The lowest BCUT2D eigenvalue weighted by Crippen LogP contribution is -2.24. The van der Waals surface area contributed by atoms with Crippen LogP contribution in [-0.4, -0.2) is 25.9 Å². The predicted octanol–water partition coefficient (Wildman–Crippen LogP) is 1.89. The Morgan fingerprint density at radius 2 is 1.94 bits per heavy atom. The van der Waals surface area contributed by atoms with E-state index in [2.05, 4.69) is 17.6 Å². The fourth-order valence-electron chi connectivity index (χ4n) is 1.99. The Bertz CT molecular complexity index is 416. The summed E-state index contributed by atoms with van der Waals surface area (Å²) in [6.07, 6.45) is 2.67. The molecule has 0 atom stereocenters. The Morgan fingerprint density at radius 1 is 1.18 bits per heavy atom. The van der Waals surface area contributed by atoms with Gasteiger partial charge < -0.3 is 20.1 Å². The summed E-state index contributed by atoms with van der Waals surface area (Å²) in [5, 5.41) is 6.91. The molecule has 2 N–H and O–H groups in total. The fraction of sp³-hybridized carbons (Fsp3) is 0.538. The van der Waals surface area contributed by atoms with Gasteiger partial charge in [0.15, 0.2) is 11.5 Å². The third-order valence-electron chi connectivity index (χ3n) is 3.17. The smallest absolute Gasteiger partial charge is 0.231 e. The molecule has 0 unspecified atom stereocenters. The van der Waals surface area contributed by atoms with Gasteiger partial charge in [-0.25, -0.2) is 0 Å². The van der Waals surface area contributed by atoms with Gasteiger partial charge in [0.1, 0.15) is 0 Å². The molecule has 0 aromatic heterocycles. The van der Waals surface area contributed by atoms with Gasteiger partial charge in [-0.2, -0.15) is 0 Å². The van der Waals surface area contributed by atoms with Gasteiger partial charge in [0.25, 0.3) is 0 Å². The Labute approximate surface area is 101 Å². The number of nitrogens with one attached hydrogen (secondary N) is 2. The molecule has 0 bridgehead atoms. The molecular weight excluding hydrogens is 216 g/mol. The zero-order valence-corrected chi connectivity index (χ0v) is 10.1. The standard InChI is InChI=1S/C13H18N2O2/c1-9-6-12-13(17-8-16-12)7-11(9)15-5-4-14-10-2-3-10/h6-7,10,14-15H,2-5,8H2,1H3. The second-order valence-corrected chi connectivity index (χ2v) is 4.68. The molecule has 3 rings (SSSR count). The van der Waals surface area contributed by atoms with E-state index >= 15 is 0 Å². The first-order valence-electron chi connectivity index (χ1n) is 6.20. The zero-order chi connectivity index (χ0) is 11.7. The van der Waals surface area contributed by atoms with Gasteiger partial charge in [0.2, 0.25) is 6.79 Å². The van der Waals surface area contributed by atoms with E-state index in [0.29, 0.717) is 6.79 Å². The van der Waals surface area contributed by atoms with Crippen molar-refractivity contribution in [2.45, 2.75) is 25.8 Å². The Balaban J connectivity index is 1.57. The molecule has 0 spiro atoms. The summed E-state index contributed by atoms with van der Waals surface area (Å²) in [6.45, 7) is 4.37. The SMILES string of the molecule is Cc1cc2c(cc1NCCNC1CC1)OCO2. The summed E-state index contributed by atoms with van der Waals surface area (Å²) in [5.74, 6) is 1.69. The molecule has 1 heterocycles. The number of fused-ring (bicyclic) bond motifs is 1. The van der Waals surface area contributed by atoms with Crippen LogP contribution in [0.3, 0.4) is 0 Å². The summed E-state index contributed by atoms with van der Waals surface area (Å²) in [4.78, 5) is 0. The molecular formula is C13H18N2O2. The average Bonchev–Trinajstić information content (AvgIpc) is 3.03. The molecule has 4 nitrogen and oxygen atoms in total. The first kappa shape index (κ1) is 10.7. The third-order valence-corrected chi connectivity index (χ3v) is 3.17. The van der Waals surface area contributed by atoms with E-state index in [1.165, 1.54) is 18.4 Å². The Hall–Kier alpha value is -1.42. The highest BCUT2D eigenvalue weighted by Gasteiger charge is 2.19. The highest BCUT2D eigenvalue weighted by Crippen LogP contribution is 2.36. The van der Waals surface area contributed by atoms with Gasteiger partial charge in [0.05, 0.1) is 0 Å². The number of anilines is 1. The van der Waals surface area contributed by atoms with Gasteiger partial charge in [-0.1, -0.05) is 0 Å². The lowest BCUT2D eigenvalue weighted by Gasteiger charge is -2.11. The third kappa shape index (κ3) is 2.47. The second-order valence-electron chi connectivity index (χ2n) is 4.68. The molecule has 1 aliphatic heterocycles. The molecule has 1 aliphatic carbocycles. The molecule has 1 fully saturated rings. The van der Waals surface area contributed by atoms with Crippen LogP contribution in [0.5, 0.6) is 11.5 Å². The molecule has 0 saturated heterocycles. The summed E-state index contributed by atoms with van der Waals surface area (Å²) >= 11 is 0. The van der Waals surface area contributed by atoms with Crippen molar-refractivity contribution in [3.63, 3.8) is 0 Å². The van der Waals surface area contributed by atoms with Crippen molar-refractivity contribution in [2.24, 2.45) is 0 Å². The highest BCUT2D eigenvalue weighted by atomic mass is 16.7. The van der Waals surface area contributed by atoms with E-state index in [4.69, 9.17) is 9.47 Å². The predicted molar refractivity (Wildman–Crippen MR) is 66.8 cm³/mol. The van der Waals surface area contributed by atoms with E-state index in [0.717, 1.165) is 36.3 Å². The number of aryl methyl sites for hydroxylation is 1. The number of benzene rings is 1. The van der Waals surface area contributed by atoms with Crippen molar-refractivity contribution in [3.8, 4) is 11.5 Å². The zero-order valence-electron chi connectivity index (χ0n) is 10.1. The van der Waals surface area contributed by atoms with Crippen LogP contribution in [0.4, 0.5) is 5.69 Å². The van der Waals surface area contributed by atoms with Crippen LogP contribution in [-0.2, 0) is 0 Å². The van der Waals surface area contributed by atoms with Crippen molar-refractivity contribution in [1.29, 1.82) is 0 Å². The normalized spacial score (nSPS) is 17.2. The quantitative estimate of drug-likeness (QED) is 0.763. The van der Waals surface area contributed by atoms with E-state index < -0.39 is 0 Å². The number of hydrogen-bond donors (Lipinski definition) is 2. The lowest BCUT2D eigenvalue weighted by molar-refractivity contribution is 0.174. The van der Waals surface area contributed by atoms with Crippen molar-refractivity contribution in [3.05, 3.63) is 17.7 Å². The van der Waals surface area contributed by atoms with Crippen LogP contribution in [0, 0.1) is 6.92 Å². The van der Waals surface area contributed by atoms with Gasteiger partial charge in [0, 0.05) is 30.9 Å². The molecule has 92 valence electrons. The van der Waals surface area contributed by atoms with Gasteiger partial charge in [-0.15, -0.1) is 0 Å². The van der Waals surface area contributed by atoms with Crippen LogP contribution in [0.2, 0.25) is 0 Å². The minimum atomic E-state index is 0.335. The molecule has 1 aromatic carbocycles. The topological polar surface area (TPSA) is 42.5 Å². The van der Waals surface area contributed by atoms with Crippen LogP contribution in [0.1, 0.15) is 18.4 Å². The first-order chi connectivity index (χ1) is 8.33. The van der Waals surface area contributed by atoms with E-state index in [1.54, 1.807) is 0 Å². The molecule has 1 aromatic rings. The van der Waals surface area contributed by atoms with Crippen LogP contribution in [0.15, 0.2) is 12.1 Å². The number of hydrogen-bond acceptors (Lipinski definition) is 4. The van der Waals surface area contributed by atoms with E-state index in [9.17, 15) is 0 Å². The largest absolute Gasteiger partial charge is 0.454 e. The van der Waals surface area contributed by atoms with E-state index in [-0.39, 0.29) is 0 Å². The number of rotatable bonds is 5. The van der Waals surface area contributed by atoms with Gasteiger partial charge in [-0.3, -0.25) is 0 Å². The van der Waals surface area contributed by atoms with Crippen molar-refractivity contribution < 1.29 is 9.47 Å². The monoisotopic (exact) mass is 234 g/mol. The van der Waals surface area contributed by atoms with Gasteiger partial charge >= 0.3 is 0 Å². The van der Waals surface area contributed by atoms with E-state index in [1.807, 2.05) is 12.1 Å². The highest BCUT2D eigenvalue weighted by molar-refractivity contribution is 5.60. The molecule has 17 heavy (non-hydrogen) atoms. The first-order valence-corrected chi connectivity index (χ1v) is 6.20. The molecule has 4 heteroatoms. The molecule has 1 saturated carbocycles. The van der Waals surface area contributed by atoms with Gasteiger partial charge in [-0.05, 0) is 31.4 Å². The maximum atomic E-state index is 5.37. The lowest BCUT2D eigenvalue weighted by atomic mass is 10.2. The second kappa shape index (κ2) is 4.45. The summed E-state index contributed by atoms with van der Waals surface area (Å²) < 4.78 is 10.7.